The lowest BCUT2D eigenvalue weighted by atomic mass is 10.0. The smallest absolute Gasteiger partial charge is 0.136 e. The quantitative estimate of drug-likeness (QED) is 0.832. The van der Waals surface area contributed by atoms with E-state index in [1.807, 2.05) is 13.0 Å². The molecule has 0 aromatic heterocycles. The van der Waals surface area contributed by atoms with E-state index < -0.39 is 0 Å². The molecule has 0 N–H and O–H groups in total. The van der Waals surface area contributed by atoms with E-state index in [-0.39, 0.29) is 0 Å². The molecule has 2 fully saturated rings. The van der Waals surface area contributed by atoms with Crippen molar-refractivity contribution in [1.29, 1.82) is 0 Å². The van der Waals surface area contributed by atoms with Crippen molar-refractivity contribution in [2.75, 3.05) is 6.61 Å². The second-order valence-corrected chi connectivity index (χ2v) is 5.58. The summed E-state index contributed by atoms with van der Waals surface area (Å²) in [5, 5.41) is 0. The highest BCUT2D eigenvalue weighted by atomic mass is 16.5. The zero-order valence-electron chi connectivity index (χ0n) is 11.5. The van der Waals surface area contributed by atoms with E-state index in [4.69, 9.17) is 4.74 Å². The predicted molar refractivity (Wildman–Crippen MR) is 74.2 cm³/mol. The maximum atomic E-state index is 11.6. The van der Waals surface area contributed by atoms with Gasteiger partial charge in [0.15, 0.2) is 0 Å². The normalized spacial score (nSPS) is 26.7. The summed E-state index contributed by atoms with van der Waals surface area (Å²) in [5.41, 5.74) is 1.29. The van der Waals surface area contributed by atoms with Crippen LogP contribution >= 0.6 is 0 Å². The van der Waals surface area contributed by atoms with Gasteiger partial charge in [-0.15, -0.1) is 0 Å². The summed E-state index contributed by atoms with van der Waals surface area (Å²) in [4.78, 5) is 14.1. The number of fused-ring (bicyclic) bond motifs is 2. The molecule has 3 nitrogen and oxygen atoms in total. The first kappa shape index (κ1) is 12.7. The van der Waals surface area contributed by atoms with Crippen molar-refractivity contribution >= 4 is 5.78 Å². The van der Waals surface area contributed by atoms with E-state index in [0.717, 1.165) is 25.1 Å². The summed E-state index contributed by atoms with van der Waals surface area (Å²) in [6.45, 7) is 3.65. The summed E-state index contributed by atoms with van der Waals surface area (Å²) in [7, 11) is 0. The highest BCUT2D eigenvalue weighted by molar-refractivity contribution is 5.80. The Bertz CT molecular complexity index is 456. The Morgan fingerprint density at radius 3 is 2.68 bits per heavy atom. The molecule has 2 unspecified atom stereocenters. The minimum atomic E-state index is 0.451. The Kier molecular flexibility index (Phi) is 3.56. The molecule has 1 aromatic carbocycles. The molecule has 2 saturated heterocycles. The molecule has 3 heteroatoms. The molecule has 2 aliphatic rings. The summed E-state index contributed by atoms with van der Waals surface area (Å²) in [6.07, 6.45) is 3.87. The molecule has 2 bridgehead atoms. The largest absolute Gasteiger partial charge is 0.494 e. The van der Waals surface area contributed by atoms with Gasteiger partial charge in [0.05, 0.1) is 6.61 Å². The van der Waals surface area contributed by atoms with Gasteiger partial charge in [-0.05, 0) is 37.5 Å². The first-order chi connectivity index (χ1) is 9.26. The third-order valence-corrected chi connectivity index (χ3v) is 4.27. The third-order valence-electron chi connectivity index (χ3n) is 4.27. The number of Topliss-reactive ketones (excluding diaryl/α,β-unsaturated/α-hetero) is 1. The molecule has 19 heavy (non-hydrogen) atoms. The minimum absolute atomic E-state index is 0.451. The molecule has 0 radical (unpaired) electrons. The van der Waals surface area contributed by atoms with E-state index in [2.05, 4.69) is 23.1 Å². The Labute approximate surface area is 114 Å². The molecular weight excluding hydrogens is 238 g/mol. The molecule has 0 amide bonds. The van der Waals surface area contributed by atoms with Gasteiger partial charge in [-0.3, -0.25) is 9.69 Å². The number of ketones is 1. The SMILES string of the molecule is CCOc1cccc(CN2C3CCC2CC(=O)C3)c1. The van der Waals surface area contributed by atoms with Crippen molar-refractivity contribution in [2.45, 2.75) is 51.2 Å². The zero-order chi connectivity index (χ0) is 13.2. The Morgan fingerprint density at radius 2 is 2.00 bits per heavy atom. The lowest BCUT2D eigenvalue weighted by Gasteiger charge is -2.34. The molecule has 102 valence electrons. The summed E-state index contributed by atoms with van der Waals surface area (Å²) in [6, 6.07) is 9.28. The average molecular weight is 259 g/mol. The van der Waals surface area contributed by atoms with Crippen LogP contribution in [-0.4, -0.2) is 29.4 Å². The fourth-order valence-corrected chi connectivity index (χ4v) is 3.43. The Morgan fingerprint density at radius 1 is 1.26 bits per heavy atom. The van der Waals surface area contributed by atoms with E-state index >= 15 is 0 Å². The number of nitrogens with zero attached hydrogens (tertiary/aromatic N) is 1. The molecule has 3 rings (SSSR count). The minimum Gasteiger partial charge on any atom is -0.494 e. The number of piperidine rings is 1. The van der Waals surface area contributed by atoms with Crippen LogP contribution in [0.3, 0.4) is 0 Å². The van der Waals surface area contributed by atoms with Crippen LogP contribution in [0, 0.1) is 0 Å². The second kappa shape index (κ2) is 5.33. The van der Waals surface area contributed by atoms with Crippen molar-refractivity contribution in [3.63, 3.8) is 0 Å². The number of rotatable bonds is 4. The van der Waals surface area contributed by atoms with Crippen LogP contribution in [-0.2, 0) is 11.3 Å². The van der Waals surface area contributed by atoms with Gasteiger partial charge in [0.25, 0.3) is 0 Å². The van der Waals surface area contributed by atoms with Crippen LogP contribution in [0.1, 0.15) is 38.2 Å². The van der Waals surface area contributed by atoms with Gasteiger partial charge in [-0.2, -0.15) is 0 Å². The number of benzene rings is 1. The van der Waals surface area contributed by atoms with Crippen LogP contribution in [0.2, 0.25) is 0 Å². The van der Waals surface area contributed by atoms with E-state index in [9.17, 15) is 4.79 Å². The summed E-state index contributed by atoms with van der Waals surface area (Å²) >= 11 is 0. The lowest BCUT2D eigenvalue weighted by molar-refractivity contribution is -0.123. The Balaban J connectivity index is 1.71. The highest BCUT2D eigenvalue weighted by Crippen LogP contribution is 2.35. The van der Waals surface area contributed by atoms with Crippen LogP contribution < -0.4 is 4.74 Å². The number of carbonyl (C=O) groups excluding carboxylic acids is 1. The van der Waals surface area contributed by atoms with E-state index in [1.54, 1.807) is 0 Å². The molecule has 2 aliphatic heterocycles. The number of carbonyl (C=O) groups is 1. The molecule has 2 heterocycles. The van der Waals surface area contributed by atoms with Gasteiger partial charge in [0.1, 0.15) is 11.5 Å². The van der Waals surface area contributed by atoms with Crippen LogP contribution in [0.5, 0.6) is 5.75 Å². The lowest BCUT2D eigenvalue weighted by Crippen LogP contribution is -2.42. The molecular formula is C16H21NO2. The van der Waals surface area contributed by atoms with Crippen molar-refractivity contribution in [2.24, 2.45) is 0 Å². The topological polar surface area (TPSA) is 29.5 Å². The van der Waals surface area contributed by atoms with Gasteiger partial charge in [0, 0.05) is 31.5 Å². The second-order valence-electron chi connectivity index (χ2n) is 5.58. The summed E-state index contributed by atoms with van der Waals surface area (Å²) < 4.78 is 5.55. The average Bonchev–Trinajstić information content (AvgIpc) is 2.63. The van der Waals surface area contributed by atoms with Crippen LogP contribution in [0.4, 0.5) is 0 Å². The van der Waals surface area contributed by atoms with Gasteiger partial charge in [-0.1, -0.05) is 12.1 Å². The van der Waals surface area contributed by atoms with Crippen molar-refractivity contribution in [3.8, 4) is 5.75 Å². The monoisotopic (exact) mass is 259 g/mol. The van der Waals surface area contributed by atoms with Crippen molar-refractivity contribution < 1.29 is 9.53 Å². The van der Waals surface area contributed by atoms with Crippen LogP contribution in [0.15, 0.2) is 24.3 Å². The molecule has 0 spiro atoms. The standard InChI is InChI=1S/C16H21NO2/c1-2-19-16-5-3-4-12(8-16)11-17-13-6-7-14(17)10-15(18)9-13/h3-5,8,13-14H,2,6-7,9-11H2,1H3. The first-order valence-electron chi connectivity index (χ1n) is 7.25. The first-order valence-corrected chi connectivity index (χ1v) is 7.25. The molecule has 2 atom stereocenters. The number of hydrogen-bond acceptors (Lipinski definition) is 3. The fourth-order valence-electron chi connectivity index (χ4n) is 3.43. The van der Waals surface area contributed by atoms with Crippen molar-refractivity contribution in [3.05, 3.63) is 29.8 Å². The maximum absolute atomic E-state index is 11.6. The van der Waals surface area contributed by atoms with Gasteiger partial charge >= 0.3 is 0 Å². The third kappa shape index (κ3) is 2.66. The van der Waals surface area contributed by atoms with Crippen LogP contribution in [0.25, 0.3) is 0 Å². The van der Waals surface area contributed by atoms with Gasteiger partial charge in [-0.25, -0.2) is 0 Å². The fraction of sp³-hybridized carbons (Fsp3) is 0.562. The van der Waals surface area contributed by atoms with Gasteiger partial charge in [0.2, 0.25) is 0 Å². The van der Waals surface area contributed by atoms with Gasteiger partial charge < -0.3 is 4.74 Å². The zero-order valence-corrected chi connectivity index (χ0v) is 11.5. The Hall–Kier alpha value is -1.35. The van der Waals surface area contributed by atoms with E-state index in [0.29, 0.717) is 24.5 Å². The maximum Gasteiger partial charge on any atom is 0.136 e. The summed E-state index contributed by atoms with van der Waals surface area (Å²) in [5.74, 6) is 1.40. The predicted octanol–water partition coefficient (Wildman–Crippen LogP) is 2.78. The highest BCUT2D eigenvalue weighted by Gasteiger charge is 2.39. The van der Waals surface area contributed by atoms with Crippen molar-refractivity contribution in [1.82, 2.24) is 4.90 Å². The molecule has 0 saturated carbocycles. The molecule has 1 aromatic rings. The molecule has 0 aliphatic carbocycles. The number of ether oxygens (including phenoxy) is 1. The number of hydrogen-bond donors (Lipinski definition) is 0. The van der Waals surface area contributed by atoms with E-state index in [1.165, 1.54) is 18.4 Å².